The smallest absolute Gasteiger partial charge is 0.271 e. The fourth-order valence-electron chi connectivity index (χ4n) is 2.01. The summed E-state index contributed by atoms with van der Waals surface area (Å²) >= 11 is 0. The molecule has 0 radical (unpaired) electrons. The fourth-order valence-corrected chi connectivity index (χ4v) is 2.91. The summed E-state index contributed by atoms with van der Waals surface area (Å²) in [7, 11) is -1.98. The predicted octanol–water partition coefficient (Wildman–Crippen LogP) is 3.04. The Bertz CT molecular complexity index is 684. The van der Waals surface area contributed by atoms with Gasteiger partial charge < -0.3 is 0 Å². The van der Waals surface area contributed by atoms with Crippen molar-refractivity contribution in [3.8, 4) is 0 Å². The summed E-state index contributed by atoms with van der Waals surface area (Å²) in [6, 6.07) is 17.0. The van der Waals surface area contributed by atoms with Crippen LogP contribution in [0.4, 0.5) is 5.69 Å². The van der Waals surface area contributed by atoms with E-state index >= 15 is 0 Å². The van der Waals surface area contributed by atoms with Crippen LogP contribution in [0, 0.1) is 0 Å². The van der Waals surface area contributed by atoms with E-state index in [9.17, 15) is 8.42 Å². The normalized spacial score (nSPS) is 11.6. The van der Waals surface area contributed by atoms with Gasteiger partial charge in [-0.25, -0.2) is 0 Å². The lowest BCUT2D eigenvalue weighted by Gasteiger charge is -2.18. The summed E-state index contributed by atoms with van der Waals surface area (Å²) < 4.78 is 28.6. The van der Waals surface area contributed by atoms with E-state index in [-0.39, 0.29) is 0 Å². The van der Waals surface area contributed by atoms with Gasteiger partial charge in [0.05, 0.1) is 5.69 Å². The standard InChI is InChI=1S/C16H20N2O2S/c1-3-14-10-7-11-16(12-14)17-21(19,20)18(2)13-15-8-5-4-6-9-15/h4-12,17H,3,13H2,1-2H3. The number of hydrogen-bond acceptors (Lipinski definition) is 2. The second kappa shape index (κ2) is 6.74. The van der Waals surface area contributed by atoms with Gasteiger partial charge in [0, 0.05) is 13.6 Å². The zero-order chi connectivity index (χ0) is 15.3. The molecule has 0 spiro atoms. The Morgan fingerprint density at radius 1 is 1.00 bits per heavy atom. The molecule has 2 rings (SSSR count). The second-order valence-corrected chi connectivity index (χ2v) is 6.68. The monoisotopic (exact) mass is 304 g/mol. The Kier molecular flexibility index (Phi) is 4.98. The fraction of sp³-hybridized carbons (Fsp3) is 0.250. The summed E-state index contributed by atoms with van der Waals surface area (Å²) in [5.41, 5.74) is 2.64. The lowest BCUT2D eigenvalue weighted by molar-refractivity contribution is 0.471. The molecule has 21 heavy (non-hydrogen) atoms. The third kappa shape index (κ3) is 4.31. The summed E-state index contributed by atoms with van der Waals surface area (Å²) in [6.45, 7) is 2.37. The van der Waals surface area contributed by atoms with Crippen LogP contribution in [0.2, 0.25) is 0 Å². The number of nitrogens with one attached hydrogen (secondary N) is 1. The first-order valence-electron chi connectivity index (χ1n) is 6.88. The van der Waals surface area contributed by atoms with Gasteiger partial charge in [-0.1, -0.05) is 49.4 Å². The number of nitrogens with zero attached hydrogens (tertiary/aromatic N) is 1. The van der Waals surface area contributed by atoms with Crippen molar-refractivity contribution in [1.29, 1.82) is 0 Å². The van der Waals surface area contributed by atoms with Gasteiger partial charge in [-0.15, -0.1) is 0 Å². The van der Waals surface area contributed by atoms with Crippen LogP contribution in [0.3, 0.4) is 0 Å². The van der Waals surface area contributed by atoms with E-state index in [0.29, 0.717) is 12.2 Å². The molecule has 2 aromatic carbocycles. The molecule has 1 N–H and O–H groups in total. The molecule has 0 fully saturated rings. The number of aryl methyl sites for hydroxylation is 1. The number of rotatable bonds is 6. The molecule has 5 heteroatoms. The summed E-state index contributed by atoms with van der Waals surface area (Å²) in [5, 5.41) is 0. The van der Waals surface area contributed by atoms with Crippen LogP contribution in [0.25, 0.3) is 0 Å². The van der Waals surface area contributed by atoms with E-state index in [4.69, 9.17) is 0 Å². The average molecular weight is 304 g/mol. The van der Waals surface area contributed by atoms with Crippen LogP contribution in [0.1, 0.15) is 18.1 Å². The third-order valence-corrected chi connectivity index (χ3v) is 4.68. The highest BCUT2D eigenvalue weighted by Crippen LogP contribution is 2.15. The van der Waals surface area contributed by atoms with Gasteiger partial charge in [0.1, 0.15) is 0 Å². The van der Waals surface area contributed by atoms with Crippen LogP contribution in [0.5, 0.6) is 0 Å². The van der Waals surface area contributed by atoms with Crippen molar-refractivity contribution in [2.24, 2.45) is 0 Å². The minimum absolute atomic E-state index is 0.337. The highest BCUT2D eigenvalue weighted by atomic mass is 32.2. The van der Waals surface area contributed by atoms with Crippen molar-refractivity contribution in [1.82, 2.24) is 4.31 Å². The molecule has 2 aromatic rings. The molecule has 0 heterocycles. The second-order valence-electron chi connectivity index (χ2n) is 4.90. The molecular weight excluding hydrogens is 284 g/mol. The summed E-state index contributed by atoms with van der Waals surface area (Å²) in [4.78, 5) is 0. The Morgan fingerprint density at radius 2 is 1.67 bits per heavy atom. The van der Waals surface area contributed by atoms with Crippen LogP contribution >= 0.6 is 0 Å². The highest BCUT2D eigenvalue weighted by molar-refractivity contribution is 7.90. The van der Waals surface area contributed by atoms with Crippen molar-refractivity contribution in [2.75, 3.05) is 11.8 Å². The van der Waals surface area contributed by atoms with Crippen molar-refractivity contribution in [3.63, 3.8) is 0 Å². The van der Waals surface area contributed by atoms with E-state index in [0.717, 1.165) is 17.5 Å². The van der Waals surface area contributed by atoms with Gasteiger partial charge in [0.25, 0.3) is 0 Å². The van der Waals surface area contributed by atoms with Gasteiger partial charge >= 0.3 is 10.2 Å². The maximum Gasteiger partial charge on any atom is 0.301 e. The van der Waals surface area contributed by atoms with E-state index in [1.54, 1.807) is 13.1 Å². The molecule has 0 aliphatic rings. The molecule has 0 amide bonds. The minimum Gasteiger partial charge on any atom is -0.271 e. The molecule has 4 nitrogen and oxygen atoms in total. The van der Waals surface area contributed by atoms with Gasteiger partial charge in [-0.3, -0.25) is 4.72 Å². The lowest BCUT2D eigenvalue weighted by atomic mass is 10.1. The third-order valence-electron chi connectivity index (χ3n) is 3.24. The Labute approximate surface area is 126 Å². The van der Waals surface area contributed by atoms with Crippen LogP contribution in [0.15, 0.2) is 54.6 Å². The SMILES string of the molecule is CCc1cccc(NS(=O)(=O)N(C)Cc2ccccc2)c1. The first-order chi connectivity index (χ1) is 10.0. The zero-order valence-corrected chi connectivity index (χ0v) is 13.1. The van der Waals surface area contributed by atoms with Crippen LogP contribution < -0.4 is 4.72 Å². The Morgan fingerprint density at radius 3 is 2.33 bits per heavy atom. The number of anilines is 1. The number of benzene rings is 2. The van der Waals surface area contributed by atoms with Gasteiger partial charge in [0.2, 0.25) is 0 Å². The first-order valence-corrected chi connectivity index (χ1v) is 8.32. The summed E-state index contributed by atoms with van der Waals surface area (Å²) in [5.74, 6) is 0. The highest BCUT2D eigenvalue weighted by Gasteiger charge is 2.17. The Hall–Kier alpha value is -1.85. The zero-order valence-electron chi connectivity index (χ0n) is 12.3. The molecule has 0 unspecified atom stereocenters. The predicted molar refractivity (Wildman–Crippen MR) is 86.3 cm³/mol. The van der Waals surface area contributed by atoms with Gasteiger partial charge in [0.15, 0.2) is 0 Å². The number of hydrogen-bond donors (Lipinski definition) is 1. The van der Waals surface area contributed by atoms with E-state index in [1.807, 2.05) is 55.5 Å². The van der Waals surface area contributed by atoms with Crippen molar-refractivity contribution < 1.29 is 8.42 Å². The molecule has 0 saturated carbocycles. The maximum absolute atomic E-state index is 12.3. The van der Waals surface area contributed by atoms with Crippen LogP contribution in [-0.4, -0.2) is 19.8 Å². The minimum atomic E-state index is -3.55. The molecule has 0 bridgehead atoms. The first kappa shape index (κ1) is 15.5. The quantitative estimate of drug-likeness (QED) is 0.891. The van der Waals surface area contributed by atoms with Crippen LogP contribution in [-0.2, 0) is 23.2 Å². The molecule has 112 valence electrons. The largest absolute Gasteiger partial charge is 0.301 e. The van der Waals surface area contributed by atoms with E-state index < -0.39 is 10.2 Å². The van der Waals surface area contributed by atoms with Gasteiger partial charge in [-0.05, 0) is 29.7 Å². The van der Waals surface area contributed by atoms with E-state index in [1.165, 1.54) is 4.31 Å². The summed E-state index contributed by atoms with van der Waals surface area (Å²) in [6.07, 6.45) is 0.870. The Balaban J connectivity index is 2.10. The van der Waals surface area contributed by atoms with Crippen molar-refractivity contribution in [3.05, 3.63) is 65.7 Å². The average Bonchev–Trinajstić information content (AvgIpc) is 2.48. The van der Waals surface area contributed by atoms with E-state index in [2.05, 4.69) is 4.72 Å². The van der Waals surface area contributed by atoms with Gasteiger partial charge in [-0.2, -0.15) is 12.7 Å². The van der Waals surface area contributed by atoms with Crippen molar-refractivity contribution in [2.45, 2.75) is 19.9 Å². The topological polar surface area (TPSA) is 49.4 Å². The lowest BCUT2D eigenvalue weighted by Crippen LogP contribution is -2.32. The molecular formula is C16H20N2O2S. The molecule has 0 atom stereocenters. The van der Waals surface area contributed by atoms with Crippen molar-refractivity contribution >= 4 is 15.9 Å². The maximum atomic E-state index is 12.3. The molecule has 0 aliphatic heterocycles. The molecule has 0 saturated heterocycles. The molecule has 0 aliphatic carbocycles. The molecule has 0 aromatic heterocycles.